The van der Waals surface area contributed by atoms with E-state index in [1.807, 2.05) is 5.32 Å². The monoisotopic (exact) mass is 465 g/mol. The molecule has 2 N–H and O–H groups in total. The Morgan fingerprint density at radius 3 is 2.45 bits per heavy atom. The van der Waals surface area contributed by atoms with Gasteiger partial charge in [-0.05, 0) is 12.1 Å². The minimum Gasteiger partial charge on any atom is -0.491 e. The number of sulfonamides is 1. The Morgan fingerprint density at radius 2 is 1.83 bits per heavy atom. The maximum atomic E-state index is 12.5. The highest BCUT2D eigenvalue weighted by molar-refractivity contribution is 7.90. The summed E-state index contributed by atoms with van der Waals surface area (Å²) in [7, 11) is -7.02. The Hall–Kier alpha value is -2.71. The van der Waals surface area contributed by atoms with E-state index in [0.717, 1.165) is 6.26 Å². The van der Waals surface area contributed by atoms with Crippen LogP contribution in [0.5, 0.6) is 11.8 Å². The Labute approximate surface area is 171 Å². The van der Waals surface area contributed by atoms with Crippen LogP contribution in [0, 0.1) is 0 Å². The van der Waals surface area contributed by atoms with Gasteiger partial charge in [0.25, 0.3) is 15.2 Å². The fraction of sp³-hybridized carbons (Fsp3) is 0.286. The molecule has 0 unspecified atom stereocenters. The molecule has 0 radical (unpaired) electrons. The van der Waals surface area contributed by atoms with Crippen LogP contribution in [0.1, 0.15) is 0 Å². The lowest BCUT2D eigenvalue weighted by Crippen LogP contribution is -2.35. The van der Waals surface area contributed by atoms with Crippen LogP contribution in [0.15, 0.2) is 34.3 Å². The quantitative estimate of drug-likeness (QED) is 0.521. The lowest BCUT2D eigenvalue weighted by Gasteiger charge is -2.12. The number of ether oxygens (including phenoxy) is 2. The molecule has 12 nitrogen and oxygen atoms in total. The topological polar surface area (TPSA) is 167 Å². The molecule has 0 aliphatic heterocycles. The third kappa shape index (κ3) is 6.13. The van der Waals surface area contributed by atoms with E-state index in [1.54, 1.807) is 10.8 Å². The van der Waals surface area contributed by atoms with Crippen molar-refractivity contribution < 1.29 is 31.1 Å². The van der Waals surface area contributed by atoms with Gasteiger partial charge in [0.1, 0.15) is 17.3 Å². The number of hydrogen-bond donors (Lipinski definition) is 2. The van der Waals surface area contributed by atoms with E-state index in [4.69, 9.17) is 21.1 Å². The molecule has 0 atom stereocenters. The molecule has 29 heavy (non-hydrogen) atoms. The van der Waals surface area contributed by atoms with Crippen LogP contribution in [-0.2, 0) is 19.9 Å². The first-order chi connectivity index (χ1) is 13.6. The van der Waals surface area contributed by atoms with Gasteiger partial charge in [0.05, 0.1) is 13.0 Å². The molecule has 1 aromatic carbocycles. The fourth-order valence-electron chi connectivity index (χ4n) is 1.90. The largest absolute Gasteiger partial charge is 0.491 e. The molecule has 1 heterocycles. The maximum absolute atomic E-state index is 12.5. The Kier molecular flexibility index (Phi) is 7.16. The standard InChI is InChI=1S/C14H16ClN5O7S2/c1-26-13-17-11(18-14(19-13)28(2,22)23)16-12(21)20-29(24,25)10-6-4-3-5-9(10)27-8-7-15/h3-6H,7-8H2,1-2H3,(H2,16,17,18,19,20,21). The molecule has 0 aliphatic rings. The molecule has 0 saturated carbocycles. The summed E-state index contributed by atoms with van der Waals surface area (Å²) < 4.78 is 60.0. The molecule has 15 heteroatoms. The zero-order valence-corrected chi connectivity index (χ0v) is 17.5. The van der Waals surface area contributed by atoms with Crippen LogP contribution in [0.2, 0.25) is 0 Å². The average molecular weight is 466 g/mol. The lowest BCUT2D eigenvalue weighted by molar-refractivity contribution is 0.256. The number of alkyl halides is 1. The first-order valence-electron chi connectivity index (χ1n) is 7.68. The van der Waals surface area contributed by atoms with Crippen molar-refractivity contribution >= 4 is 43.4 Å². The maximum Gasteiger partial charge on any atom is 0.335 e. The number of methoxy groups -OCH3 is 1. The zero-order chi connectivity index (χ0) is 21.7. The molecule has 2 rings (SSSR count). The van der Waals surface area contributed by atoms with Gasteiger partial charge in [-0.25, -0.2) is 26.4 Å². The number of halogens is 1. The number of nitrogens with zero attached hydrogens (tertiary/aromatic N) is 3. The van der Waals surface area contributed by atoms with E-state index < -0.39 is 43.0 Å². The lowest BCUT2D eigenvalue weighted by atomic mass is 10.3. The predicted molar refractivity (Wildman–Crippen MR) is 101 cm³/mol. The first-order valence-corrected chi connectivity index (χ1v) is 11.6. The predicted octanol–water partition coefficient (Wildman–Crippen LogP) is 0.412. The molecule has 2 aromatic rings. The van der Waals surface area contributed by atoms with Crippen LogP contribution in [0.25, 0.3) is 0 Å². The normalized spacial score (nSPS) is 11.6. The summed E-state index contributed by atoms with van der Waals surface area (Å²) in [4.78, 5) is 22.6. The summed E-state index contributed by atoms with van der Waals surface area (Å²) in [5.74, 6) is -0.405. The number of carbonyl (C=O) groups excluding carboxylic acids is 1. The number of sulfone groups is 1. The van der Waals surface area contributed by atoms with E-state index in [0.29, 0.717) is 0 Å². The molecule has 0 saturated heterocycles. The van der Waals surface area contributed by atoms with Gasteiger partial charge in [-0.1, -0.05) is 12.1 Å². The Morgan fingerprint density at radius 1 is 1.14 bits per heavy atom. The number of hydrogen-bond acceptors (Lipinski definition) is 10. The molecule has 0 spiro atoms. The van der Waals surface area contributed by atoms with E-state index in [9.17, 15) is 21.6 Å². The summed E-state index contributed by atoms with van der Waals surface area (Å²) in [6.45, 7) is 0.0548. The van der Waals surface area contributed by atoms with Crippen LogP contribution in [0.3, 0.4) is 0 Å². The third-order valence-corrected chi connectivity index (χ3v) is 5.40. The average Bonchev–Trinajstić information content (AvgIpc) is 2.65. The van der Waals surface area contributed by atoms with Crippen molar-refractivity contribution in [2.24, 2.45) is 0 Å². The van der Waals surface area contributed by atoms with Crippen molar-refractivity contribution in [2.45, 2.75) is 10.1 Å². The smallest absolute Gasteiger partial charge is 0.335 e. The summed E-state index contributed by atoms with van der Waals surface area (Å²) in [6.07, 6.45) is 0.841. The first kappa shape index (κ1) is 22.6. The van der Waals surface area contributed by atoms with Crippen molar-refractivity contribution in [3.63, 3.8) is 0 Å². The van der Waals surface area contributed by atoms with Gasteiger partial charge in [-0.3, -0.25) is 5.32 Å². The number of rotatable bonds is 8. The Balaban J connectivity index is 2.25. The SMILES string of the molecule is COc1nc(NC(=O)NS(=O)(=O)c2ccccc2OCCCl)nc(S(C)(=O)=O)n1. The van der Waals surface area contributed by atoms with Crippen LogP contribution in [-0.4, -0.2) is 63.7 Å². The minimum absolute atomic E-state index is 0.00496. The molecular formula is C14H16ClN5O7S2. The zero-order valence-electron chi connectivity index (χ0n) is 15.1. The highest BCUT2D eigenvalue weighted by atomic mass is 35.5. The van der Waals surface area contributed by atoms with Crippen LogP contribution >= 0.6 is 11.6 Å². The highest BCUT2D eigenvalue weighted by Crippen LogP contribution is 2.23. The van der Waals surface area contributed by atoms with E-state index >= 15 is 0 Å². The summed E-state index contributed by atoms with van der Waals surface area (Å²) in [6, 6.07) is 3.98. The van der Waals surface area contributed by atoms with Crippen molar-refractivity contribution in [2.75, 3.05) is 31.2 Å². The third-order valence-electron chi connectivity index (χ3n) is 3.03. The summed E-state index contributed by atoms with van der Waals surface area (Å²) in [5.41, 5.74) is 0. The fourth-order valence-corrected chi connectivity index (χ4v) is 3.52. The second-order valence-corrected chi connectivity index (χ2v) is 9.18. The van der Waals surface area contributed by atoms with Gasteiger partial charge in [-0.15, -0.1) is 11.6 Å². The molecule has 0 fully saturated rings. The van der Waals surface area contributed by atoms with Gasteiger partial charge in [0.2, 0.25) is 15.8 Å². The van der Waals surface area contributed by atoms with Crippen molar-refractivity contribution in [3.8, 4) is 11.8 Å². The number of aromatic nitrogens is 3. The van der Waals surface area contributed by atoms with Crippen molar-refractivity contribution in [1.29, 1.82) is 0 Å². The second-order valence-electron chi connectivity index (χ2n) is 5.24. The van der Waals surface area contributed by atoms with E-state index in [-0.39, 0.29) is 23.1 Å². The number of urea groups is 1. The summed E-state index contributed by atoms with van der Waals surface area (Å²) >= 11 is 5.54. The molecule has 0 aliphatic carbocycles. The number of amides is 2. The minimum atomic E-state index is -4.35. The van der Waals surface area contributed by atoms with Crippen molar-refractivity contribution in [1.82, 2.24) is 19.7 Å². The molecular weight excluding hydrogens is 450 g/mol. The Bertz CT molecular complexity index is 1110. The van der Waals surface area contributed by atoms with Crippen molar-refractivity contribution in [3.05, 3.63) is 24.3 Å². The molecule has 158 valence electrons. The second kappa shape index (κ2) is 9.19. The summed E-state index contributed by atoms with van der Waals surface area (Å²) in [5, 5.41) is 1.36. The number of nitrogens with one attached hydrogen (secondary N) is 2. The van der Waals surface area contributed by atoms with Gasteiger partial charge in [0.15, 0.2) is 0 Å². The van der Waals surface area contributed by atoms with E-state index in [1.165, 1.54) is 25.3 Å². The number of para-hydroxylation sites is 1. The number of benzene rings is 1. The van der Waals surface area contributed by atoms with Gasteiger partial charge in [-0.2, -0.15) is 15.0 Å². The molecule has 0 bridgehead atoms. The van der Waals surface area contributed by atoms with Crippen LogP contribution < -0.4 is 19.5 Å². The van der Waals surface area contributed by atoms with Gasteiger partial charge >= 0.3 is 12.0 Å². The van der Waals surface area contributed by atoms with Crippen LogP contribution in [0.4, 0.5) is 10.7 Å². The molecule has 1 aromatic heterocycles. The van der Waals surface area contributed by atoms with E-state index in [2.05, 4.69) is 15.0 Å². The highest BCUT2D eigenvalue weighted by Gasteiger charge is 2.23. The van der Waals surface area contributed by atoms with Gasteiger partial charge < -0.3 is 9.47 Å². The van der Waals surface area contributed by atoms with Gasteiger partial charge in [0, 0.05) is 6.26 Å². The number of carbonyl (C=O) groups is 1. The molecule has 2 amide bonds. The number of anilines is 1.